The molecule has 11 heavy (non-hydrogen) atoms. The minimum absolute atomic E-state index is 0.307. The standard InChI is InChI=1S/C8H12N2O/c1-10-3-2-8(9-10)7-4-6(7)5-11/h2-3,6-7,11H,4-5H2,1H3/t6-,7+/m1/s1. The zero-order valence-electron chi connectivity index (χ0n) is 6.57. The van der Waals surface area contributed by atoms with E-state index in [9.17, 15) is 0 Å². The van der Waals surface area contributed by atoms with Crippen molar-refractivity contribution >= 4 is 0 Å². The summed E-state index contributed by atoms with van der Waals surface area (Å²) in [6.07, 6.45) is 3.05. The number of hydrogen-bond acceptors (Lipinski definition) is 2. The quantitative estimate of drug-likeness (QED) is 0.670. The average molecular weight is 152 g/mol. The lowest BCUT2D eigenvalue weighted by Gasteiger charge is -1.90. The molecule has 1 aromatic rings. The Kier molecular flexibility index (Phi) is 1.46. The molecule has 3 nitrogen and oxygen atoms in total. The summed E-state index contributed by atoms with van der Waals surface area (Å²) >= 11 is 0. The molecule has 1 aromatic heterocycles. The van der Waals surface area contributed by atoms with Gasteiger partial charge in [-0.1, -0.05) is 0 Å². The van der Waals surface area contributed by atoms with Crippen LogP contribution in [0.3, 0.4) is 0 Å². The Balaban J connectivity index is 2.08. The van der Waals surface area contributed by atoms with E-state index in [4.69, 9.17) is 5.11 Å². The molecule has 2 rings (SSSR count). The Labute approximate surface area is 65.7 Å². The van der Waals surface area contributed by atoms with E-state index in [1.807, 2.05) is 24.0 Å². The molecule has 2 atom stereocenters. The number of aliphatic hydroxyl groups excluding tert-OH is 1. The van der Waals surface area contributed by atoms with Gasteiger partial charge in [-0.3, -0.25) is 4.68 Å². The van der Waals surface area contributed by atoms with E-state index < -0.39 is 0 Å². The molecule has 1 aliphatic carbocycles. The van der Waals surface area contributed by atoms with Crippen molar-refractivity contribution in [3.05, 3.63) is 18.0 Å². The van der Waals surface area contributed by atoms with Crippen molar-refractivity contribution in [2.75, 3.05) is 6.61 Å². The lowest BCUT2D eigenvalue weighted by Crippen LogP contribution is -1.92. The van der Waals surface area contributed by atoms with Gasteiger partial charge in [0.25, 0.3) is 0 Å². The molecule has 1 saturated carbocycles. The van der Waals surface area contributed by atoms with Crippen molar-refractivity contribution in [1.29, 1.82) is 0 Å². The largest absolute Gasteiger partial charge is 0.396 e. The number of nitrogens with zero attached hydrogens (tertiary/aromatic N) is 2. The van der Waals surface area contributed by atoms with Gasteiger partial charge in [0.1, 0.15) is 0 Å². The highest BCUT2D eigenvalue weighted by Crippen LogP contribution is 2.45. The summed E-state index contributed by atoms with van der Waals surface area (Å²) in [6.45, 7) is 0.307. The van der Waals surface area contributed by atoms with E-state index in [0.29, 0.717) is 18.4 Å². The van der Waals surface area contributed by atoms with Crippen LogP contribution in [0.15, 0.2) is 12.3 Å². The van der Waals surface area contributed by atoms with Crippen LogP contribution in [0.4, 0.5) is 0 Å². The van der Waals surface area contributed by atoms with Crippen LogP contribution in [-0.4, -0.2) is 21.5 Å². The molecule has 1 heterocycles. The Hall–Kier alpha value is -0.830. The van der Waals surface area contributed by atoms with Gasteiger partial charge in [-0.15, -0.1) is 0 Å². The Morgan fingerprint density at radius 3 is 3.09 bits per heavy atom. The molecule has 1 aliphatic rings. The molecule has 0 bridgehead atoms. The van der Waals surface area contributed by atoms with E-state index in [-0.39, 0.29) is 0 Å². The predicted octanol–water partition coefficient (Wildman–Crippen LogP) is 0.516. The van der Waals surface area contributed by atoms with Gasteiger partial charge in [-0.2, -0.15) is 5.10 Å². The first-order chi connectivity index (χ1) is 5.31. The molecule has 0 spiro atoms. The number of rotatable bonds is 2. The monoisotopic (exact) mass is 152 g/mol. The predicted molar refractivity (Wildman–Crippen MR) is 41.1 cm³/mol. The van der Waals surface area contributed by atoms with E-state index in [1.165, 1.54) is 0 Å². The lowest BCUT2D eigenvalue weighted by molar-refractivity contribution is 0.273. The molecule has 0 aliphatic heterocycles. The van der Waals surface area contributed by atoms with Gasteiger partial charge in [0.2, 0.25) is 0 Å². The third-order valence-corrected chi connectivity index (χ3v) is 2.27. The maximum absolute atomic E-state index is 8.81. The fraction of sp³-hybridized carbons (Fsp3) is 0.625. The third kappa shape index (κ3) is 1.16. The summed E-state index contributed by atoms with van der Waals surface area (Å²) in [5.41, 5.74) is 1.13. The van der Waals surface area contributed by atoms with E-state index >= 15 is 0 Å². The minimum Gasteiger partial charge on any atom is -0.396 e. The number of aliphatic hydroxyl groups is 1. The molecule has 0 amide bonds. The molecular weight excluding hydrogens is 140 g/mol. The zero-order chi connectivity index (χ0) is 7.84. The third-order valence-electron chi connectivity index (χ3n) is 2.27. The highest BCUT2D eigenvalue weighted by molar-refractivity contribution is 5.15. The van der Waals surface area contributed by atoms with Crippen molar-refractivity contribution in [2.45, 2.75) is 12.3 Å². The van der Waals surface area contributed by atoms with E-state index in [1.54, 1.807) is 0 Å². The smallest absolute Gasteiger partial charge is 0.0659 e. The van der Waals surface area contributed by atoms with Crippen LogP contribution >= 0.6 is 0 Å². The van der Waals surface area contributed by atoms with Gasteiger partial charge >= 0.3 is 0 Å². The summed E-state index contributed by atoms with van der Waals surface area (Å²) in [4.78, 5) is 0. The first-order valence-electron chi connectivity index (χ1n) is 3.91. The van der Waals surface area contributed by atoms with Crippen LogP contribution in [0.1, 0.15) is 18.0 Å². The van der Waals surface area contributed by atoms with Crippen LogP contribution in [0.5, 0.6) is 0 Å². The number of aryl methyl sites for hydroxylation is 1. The highest BCUT2D eigenvalue weighted by atomic mass is 16.3. The Morgan fingerprint density at radius 1 is 1.82 bits per heavy atom. The van der Waals surface area contributed by atoms with Gasteiger partial charge < -0.3 is 5.11 Å². The Bertz CT molecular complexity index is 256. The maximum Gasteiger partial charge on any atom is 0.0659 e. The van der Waals surface area contributed by atoms with Gasteiger partial charge in [0, 0.05) is 25.8 Å². The summed E-state index contributed by atoms with van der Waals surface area (Å²) in [7, 11) is 1.92. The van der Waals surface area contributed by atoms with Crippen molar-refractivity contribution < 1.29 is 5.11 Å². The van der Waals surface area contributed by atoms with Crippen LogP contribution in [0.2, 0.25) is 0 Å². The second-order valence-corrected chi connectivity index (χ2v) is 3.20. The second-order valence-electron chi connectivity index (χ2n) is 3.20. The van der Waals surface area contributed by atoms with Gasteiger partial charge in [-0.25, -0.2) is 0 Å². The molecule has 0 aromatic carbocycles. The Morgan fingerprint density at radius 2 is 2.64 bits per heavy atom. The van der Waals surface area contributed by atoms with Gasteiger partial charge in [0.15, 0.2) is 0 Å². The van der Waals surface area contributed by atoms with E-state index in [0.717, 1.165) is 12.1 Å². The maximum atomic E-state index is 8.81. The topological polar surface area (TPSA) is 38.0 Å². The van der Waals surface area contributed by atoms with Gasteiger partial charge in [0.05, 0.1) is 5.69 Å². The normalized spacial score (nSPS) is 28.9. The number of hydrogen-bond donors (Lipinski definition) is 1. The van der Waals surface area contributed by atoms with Crippen LogP contribution < -0.4 is 0 Å². The summed E-state index contributed by atoms with van der Waals surface area (Å²) in [5.74, 6) is 1.01. The second kappa shape index (κ2) is 2.34. The molecule has 1 N–H and O–H groups in total. The molecule has 0 radical (unpaired) electrons. The average Bonchev–Trinajstić information content (AvgIpc) is 2.68. The minimum atomic E-state index is 0.307. The van der Waals surface area contributed by atoms with Crippen LogP contribution in [-0.2, 0) is 7.05 Å². The van der Waals surface area contributed by atoms with E-state index in [2.05, 4.69) is 5.10 Å². The molecule has 0 unspecified atom stereocenters. The fourth-order valence-corrected chi connectivity index (χ4v) is 1.44. The van der Waals surface area contributed by atoms with Gasteiger partial charge in [-0.05, 0) is 18.4 Å². The van der Waals surface area contributed by atoms with Crippen molar-refractivity contribution in [3.8, 4) is 0 Å². The molecular formula is C8H12N2O. The molecule has 60 valence electrons. The first kappa shape index (κ1) is 6.85. The zero-order valence-corrected chi connectivity index (χ0v) is 6.57. The molecule has 0 saturated heterocycles. The molecule has 3 heteroatoms. The first-order valence-corrected chi connectivity index (χ1v) is 3.91. The van der Waals surface area contributed by atoms with Crippen LogP contribution in [0.25, 0.3) is 0 Å². The summed E-state index contributed by atoms with van der Waals surface area (Å²) in [5, 5.41) is 13.1. The van der Waals surface area contributed by atoms with Crippen LogP contribution in [0, 0.1) is 5.92 Å². The van der Waals surface area contributed by atoms with Crippen molar-refractivity contribution in [2.24, 2.45) is 13.0 Å². The molecule has 1 fully saturated rings. The summed E-state index contributed by atoms with van der Waals surface area (Å²) in [6, 6.07) is 2.03. The summed E-state index contributed by atoms with van der Waals surface area (Å²) < 4.78 is 1.81. The SMILES string of the molecule is Cn1ccc([C@H]2C[C@@H]2CO)n1. The number of aromatic nitrogens is 2. The van der Waals surface area contributed by atoms with Crippen molar-refractivity contribution in [1.82, 2.24) is 9.78 Å². The van der Waals surface area contributed by atoms with Crippen molar-refractivity contribution in [3.63, 3.8) is 0 Å². The lowest BCUT2D eigenvalue weighted by atomic mass is 10.2. The fourth-order valence-electron chi connectivity index (χ4n) is 1.44. The highest BCUT2D eigenvalue weighted by Gasteiger charge is 2.39.